The summed E-state index contributed by atoms with van der Waals surface area (Å²) in [4.78, 5) is 0. The Labute approximate surface area is 120 Å². The summed E-state index contributed by atoms with van der Waals surface area (Å²) in [5.74, 6) is 0.874. The molecular formula is C16H22ClNO. The molecule has 1 unspecified atom stereocenters. The van der Waals surface area contributed by atoms with Crippen molar-refractivity contribution < 1.29 is 4.74 Å². The fourth-order valence-corrected chi connectivity index (χ4v) is 2.98. The molecule has 1 N–H and O–H groups in total. The lowest BCUT2D eigenvalue weighted by Gasteiger charge is -2.14. The van der Waals surface area contributed by atoms with Crippen molar-refractivity contribution in [2.45, 2.75) is 38.1 Å². The van der Waals surface area contributed by atoms with E-state index in [0.29, 0.717) is 6.04 Å². The van der Waals surface area contributed by atoms with Crippen LogP contribution in [0.5, 0.6) is 0 Å². The fraction of sp³-hybridized carbons (Fsp3) is 0.625. The molecule has 0 spiro atoms. The van der Waals surface area contributed by atoms with Crippen LogP contribution in [0.25, 0.3) is 0 Å². The third-order valence-electron chi connectivity index (χ3n) is 4.09. The Bertz CT molecular complexity index is 431. The van der Waals surface area contributed by atoms with Gasteiger partial charge in [-0.25, -0.2) is 0 Å². The van der Waals surface area contributed by atoms with Gasteiger partial charge in [0.05, 0.1) is 0 Å². The van der Waals surface area contributed by atoms with Crippen molar-refractivity contribution >= 4 is 11.6 Å². The number of ether oxygens (including phenoxy) is 1. The fourth-order valence-electron chi connectivity index (χ4n) is 2.78. The highest BCUT2D eigenvalue weighted by molar-refractivity contribution is 6.30. The number of benzene rings is 1. The first-order chi connectivity index (χ1) is 9.33. The maximum Gasteiger partial charge on any atom is 0.0494 e. The number of aryl methyl sites for hydroxylation is 1. The second-order valence-corrected chi connectivity index (χ2v) is 6.20. The Morgan fingerprint density at radius 2 is 2.16 bits per heavy atom. The third-order valence-corrected chi connectivity index (χ3v) is 4.32. The topological polar surface area (TPSA) is 21.3 Å². The summed E-state index contributed by atoms with van der Waals surface area (Å²) >= 11 is 6.03. The van der Waals surface area contributed by atoms with Crippen LogP contribution in [0.3, 0.4) is 0 Å². The molecule has 2 aliphatic carbocycles. The molecule has 0 bridgehead atoms. The second-order valence-electron chi connectivity index (χ2n) is 5.76. The van der Waals surface area contributed by atoms with Crippen molar-refractivity contribution in [2.24, 2.45) is 5.92 Å². The van der Waals surface area contributed by atoms with Crippen LogP contribution in [-0.4, -0.2) is 19.8 Å². The van der Waals surface area contributed by atoms with Gasteiger partial charge in [0, 0.05) is 24.3 Å². The minimum absolute atomic E-state index is 0.510. The molecule has 0 radical (unpaired) electrons. The van der Waals surface area contributed by atoms with Crippen LogP contribution in [0.15, 0.2) is 18.2 Å². The van der Waals surface area contributed by atoms with Crippen molar-refractivity contribution in [1.82, 2.24) is 5.32 Å². The van der Waals surface area contributed by atoms with E-state index in [4.69, 9.17) is 16.3 Å². The summed E-state index contributed by atoms with van der Waals surface area (Å²) in [6, 6.07) is 6.79. The summed E-state index contributed by atoms with van der Waals surface area (Å²) in [5, 5.41) is 4.49. The minimum Gasteiger partial charge on any atom is -0.381 e. The normalized spacial score (nSPS) is 21.6. The molecule has 1 atom stereocenters. The predicted octanol–water partition coefficient (Wildman–Crippen LogP) is 3.73. The van der Waals surface area contributed by atoms with Gasteiger partial charge in [-0.1, -0.05) is 17.7 Å². The summed E-state index contributed by atoms with van der Waals surface area (Å²) in [5.41, 5.74) is 2.85. The van der Waals surface area contributed by atoms with Gasteiger partial charge in [-0.2, -0.15) is 0 Å². The van der Waals surface area contributed by atoms with E-state index >= 15 is 0 Å². The maximum atomic E-state index is 6.03. The summed E-state index contributed by atoms with van der Waals surface area (Å²) in [6.07, 6.45) is 6.19. The van der Waals surface area contributed by atoms with E-state index in [1.54, 1.807) is 0 Å². The Hall–Kier alpha value is -0.570. The molecule has 2 aliphatic rings. The van der Waals surface area contributed by atoms with Crippen LogP contribution in [0.4, 0.5) is 0 Å². The van der Waals surface area contributed by atoms with E-state index < -0.39 is 0 Å². The van der Waals surface area contributed by atoms with E-state index in [9.17, 15) is 0 Å². The summed E-state index contributed by atoms with van der Waals surface area (Å²) in [7, 11) is 0. The highest BCUT2D eigenvalue weighted by Crippen LogP contribution is 2.32. The van der Waals surface area contributed by atoms with E-state index in [0.717, 1.165) is 43.5 Å². The Kier molecular flexibility index (Phi) is 4.42. The lowest BCUT2D eigenvalue weighted by atomic mass is 10.1. The van der Waals surface area contributed by atoms with Crippen LogP contribution < -0.4 is 5.32 Å². The molecule has 19 heavy (non-hydrogen) atoms. The minimum atomic E-state index is 0.510. The molecule has 0 saturated heterocycles. The molecule has 2 nitrogen and oxygen atoms in total. The van der Waals surface area contributed by atoms with Gasteiger partial charge in [-0.05, 0) is 67.8 Å². The number of nitrogens with one attached hydrogen (secondary N) is 1. The third kappa shape index (κ3) is 3.71. The molecule has 104 valence electrons. The van der Waals surface area contributed by atoms with Crippen molar-refractivity contribution in [3.63, 3.8) is 0 Å². The zero-order valence-corrected chi connectivity index (χ0v) is 12.1. The monoisotopic (exact) mass is 279 g/mol. The van der Waals surface area contributed by atoms with E-state index in [1.165, 1.54) is 30.4 Å². The Morgan fingerprint density at radius 3 is 3.00 bits per heavy atom. The van der Waals surface area contributed by atoms with Gasteiger partial charge in [0.1, 0.15) is 0 Å². The number of rotatable bonds is 7. The van der Waals surface area contributed by atoms with Gasteiger partial charge in [0.2, 0.25) is 0 Å². The van der Waals surface area contributed by atoms with E-state index in [2.05, 4.69) is 17.4 Å². The van der Waals surface area contributed by atoms with Gasteiger partial charge in [-0.3, -0.25) is 0 Å². The van der Waals surface area contributed by atoms with Gasteiger partial charge < -0.3 is 10.1 Å². The molecule has 1 aromatic carbocycles. The molecular weight excluding hydrogens is 258 g/mol. The lowest BCUT2D eigenvalue weighted by molar-refractivity contribution is 0.121. The first-order valence-corrected chi connectivity index (χ1v) is 7.80. The van der Waals surface area contributed by atoms with Gasteiger partial charge in [0.15, 0.2) is 0 Å². The summed E-state index contributed by atoms with van der Waals surface area (Å²) in [6.45, 7) is 2.91. The van der Waals surface area contributed by atoms with Crippen LogP contribution in [0, 0.1) is 5.92 Å². The van der Waals surface area contributed by atoms with Crippen LogP contribution in [0.2, 0.25) is 5.02 Å². The lowest BCUT2D eigenvalue weighted by Crippen LogP contribution is -2.21. The van der Waals surface area contributed by atoms with E-state index in [1.807, 2.05) is 6.07 Å². The quantitative estimate of drug-likeness (QED) is 0.768. The van der Waals surface area contributed by atoms with Crippen molar-refractivity contribution in [3.05, 3.63) is 34.3 Å². The number of halogens is 1. The average Bonchev–Trinajstić information content (AvgIpc) is 3.15. The largest absolute Gasteiger partial charge is 0.381 e. The summed E-state index contributed by atoms with van der Waals surface area (Å²) < 4.78 is 5.65. The average molecular weight is 280 g/mol. The first-order valence-electron chi connectivity index (χ1n) is 7.42. The number of hydrogen-bond acceptors (Lipinski definition) is 2. The standard InChI is InChI=1S/C16H22ClNO/c17-14-5-6-15-13(10-14)4-7-16(15)18-8-1-9-19-11-12-2-3-12/h5-6,10,12,16,18H,1-4,7-9,11H2. The SMILES string of the molecule is Clc1ccc2c(c1)CCC2NCCCOCC1CC1. The molecule has 3 rings (SSSR count). The second kappa shape index (κ2) is 6.25. The highest BCUT2D eigenvalue weighted by Gasteiger charge is 2.22. The van der Waals surface area contributed by atoms with Gasteiger partial charge in [-0.15, -0.1) is 0 Å². The maximum absolute atomic E-state index is 6.03. The molecule has 0 aromatic heterocycles. The molecule has 0 amide bonds. The van der Waals surface area contributed by atoms with Gasteiger partial charge >= 0.3 is 0 Å². The number of hydrogen-bond donors (Lipinski definition) is 1. The van der Waals surface area contributed by atoms with Crippen LogP contribution in [0.1, 0.15) is 42.9 Å². The first kappa shape index (κ1) is 13.4. The molecule has 3 heteroatoms. The Balaban J connectivity index is 1.37. The zero-order chi connectivity index (χ0) is 13.1. The molecule has 1 fully saturated rings. The molecule has 0 aliphatic heterocycles. The van der Waals surface area contributed by atoms with Crippen molar-refractivity contribution in [1.29, 1.82) is 0 Å². The van der Waals surface area contributed by atoms with E-state index in [-0.39, 0.29) is 0 Å². The van der Waals surface area contributed by atoms with Gasteiger partial charge in [0.25, 0.3) is 0 Å². The predicted molar refractivity (Wildman–Crippen MR) is 78.7 cm³/mol. The smallest absolute Gasteiger partial charge is 0.0494 e. The molecule has 0 heterocycles. The Morgan fingerprint density at radius 1 is 1.26 bits per heavy atom. The molecule has 1 aromatic rings. The zero-order valence-electron chi connectivity index (χ0n) is 11.3. The van der Waals surface area contributed by atoms with Crippen molar-refractivity contribution in [2.75, 3.05) is 19.8 Å². The van der Waals surface area contributed by atoms with Crippen molar-refractivity contribution in [3.8, 4) is 0 Å². The van der Waals surface area contributed by atoms with Crippen LogP contribution >= 0.6 is 11.6 Å². The molecule has 1 saturated carbocycles. The van der Waals surface area contributed by atoms with Crippen LogP contribution in [-0.2, 0) is 11.2 Å². The highest BCUT2D eigenvalue weighted by atomic mass is 35.5. The number of fused-ring (bicyclic) bond motifs is 1.